The molecule has 2 aromatic heterocycles. The van der Waals surface area contributed by atoms with Gasteiger partial charge in [0.1, 0.15) is 6.61 Å². The SMILES string of the molecule is CCOc1cc(C=c2sc3nc4ccccc4n3c2=O)cc(Cl)c1OCc1ccc2ccccc2c1. The van der Waals surface area contributed by atoms with Crippen molar-refractivity contribution in [3.63, 3.8) is 0 Å². The van der Waals surface area contributed by atoms with E-state index in [-0.39, 0.29) is 5.56 Å². The Morgan fingerprint density at radius 1 is 0.972 bits per heavy atom. The Hall–Kier alpha value is -3.87. The molecule has 5 nitrogen and oxygen atoms in total. The molecule has 0 saturated heterocycles. The molecular formula is C29H21ClN2O3S. The van der Waals surface area contributed by atoms with Crippen molar-refractivity contribution < 1.29 is 9.47 Å². The van der Waals surface area contributed by atoms with Gasteiger partial charge in [0, 0.05) is 0 Å². The number of rotatable bonds is 6. The monoisotopic (exact) mass is 512 g/mol. The van der Waals surface area contributed by atoms with E-state index in [2.05, 4.69) is 29.2 Å². The van der Waals surface area contributed by atoms with Crippen molar-refractivity contribution in [1.29, 1.82) is 0 Å². The summed E-state index contributed by atoms with van der Waals surface area (Å²) in [5.74, 6) is 1.02. The van der Waals surface area contributed by atoms with Crippen LogP contribution in [0.25, 0.3) is 32.8 Å². The molecule has 0 aliphatic rings. The standard InChI is InChI=1S/C29H21ClN2O3S/c1-2-34-25-15-19(16-26-28(33)32-24-10-6-5-9-23(24)31-29(32)36-26)14-22(30)27(25)35-17-18-11-12-20-7-3-4-8-21(20)13-18/h3-16H,2,17H2,1H3. The summed E-state index contributed by atoms with van der Waals surface area (Å²) in [6, 6.07) is 25.7. The fourth-order valence-corrected chi connectivity index (χ4v) is 5.58. The number of nitrogens with zero attached hydrogens (tertiary/aromatic N) is 2. The number of halogens is 1. The molecule has 4 aromatic carbocycles. The van der Waals surface area contributed by atoms with Gasteiger partial charge >= 0.3 is 0 Å². The lowest BCUT2D eigenvalue weighted by molar-refractivity contribution is 0.269. The van der Waals surface area contributed by atoms with Crippen LogP contribution in [0.2, 0.25) is 5.02 Å². The summed E-state index contributed by atoms with van der Waals surface area (Å²) < 4.78 is 14.2. The van der Waals surface area contributed by atoms with Crippen LogP contribution in [0, 0.1) is 0 Å². The number of aromatic nitrogens is 2. The molecule has 2 heterocycles. The van der Waals surface area contributed by atoms with Gasteiger partial charge in [-0.2, -0.15) is 0 Å². The molecule has 6 rings (SSSR count). The van der Waals surface area contributed by atoms with Crippen LogP contribution < -0.4 is 19.6 Å². The fourth-order valence-electron chi connectivity index (χ4n) is 4.32. The van der Waals surface area contributed by atoms with E-state index in [1.807, 2.05) is 61.5 Å². The van der Waals surface area contributed by atoms with Crippen LogP contribution in [-0.2, 0) is 6.61 Å². The van der Waals surface area contributed by atoms with Gasteiger partial charge in [-0.3, -0.25) is 4.79 Å². The van der Waals surface area contributed by atoms with Gasteiger partial charge < -0.3 is 9.47 Å². The molecule has 0 radical (unpaired) electrons. The first kappa shape index (κ1) is 22.6. The average Bonchev–Trinajstić information content (AvgIpc) is 3.39. The van der Waals surface area contributed by atoms with E-state index in [0.29, 0.717) is 39.2 Å². The molecule has 7 heteroatoms. The Morgan fingerprint density at radius 3 is 2.64 bits per heavy atom. The Bertz CT molecular complexity index is 1860. The minimum Gasteiger partial charge on any atom is -0.490 e. The largest absolute Gasteiger partial charge is 0.490 e. The predicted octanol–water partition coefficient (Wildman–Crippen LogP) is 6.24. The van der Waals surface area contributed by atoms with Crippen LogP contribution >= 0.6 is 22.9 Å². The summed E-state index contributed by atoms with van der Waals surface area (Å²) in [6.07, 6.45) is 1.82. The number of hydrogen-bond acceptors (Lipinski definition) is 5. The van der Waals surface area contributed by atoms with Gasteiger partial charge in [-0.1, -0.05) is 71.5 Å². The molecule has 6 aromatic rings. The lowest BCUT2D eigenvalue weighted by Crippen LogP contribution is -2.22. The highest BCUT2D eigenvalue weighted by atomic mass is 35.5. The molecule has 0 spiro atoms. The lowest BCUT2D eigenvalue weighted by Gasteiger charge is -2.15. The highest BCUT2D eigenvalue weighted by Crippen LogP contribution is 2.37. The minimum atomic E-state index is -0.102. The molecule has 0 amide bonds. The summed E-state index contributed by atoms with van der Waals surface area (Å²) in [6.45, 7) is 2.72. The predicted molar refractivity (Wildman–Crippen MR) is 147 cm³/mol. The van der Waals surface area contributed by atoms with E-state index in [0.717, 1.165) is 27.5 Å². The van der Waals surface area contributed by atoms with Crippen molar-refractivity contribution >= 4 is 55.8 Å². The van der Waals surface area contributed by atoms with Crippen LogP contribution in [0.3, 0.4) is 0 Å². The number of imidazole rings is 1. The van der Waals surface area contributed by atoms with Gasteiger partial charge in [-0.25, -0.2) is 9.38 Å². The quantitative estimate of drug-likeness (QED) is 0.265. The maximum absolute atomic E-state index is 13.1. The maximum atomic E-state index is 13.1. The summed E-state index contributed by atoms with van der Waals surface area (Å²) in [5, 5.41) is 2.76. The fraction of sp³-hybridized carbons (Fsp3) is 0.103. The molecule has 0 fully saturated rings. The van der Waals surface area contributed by atoms with Crippen molar-refractivity contribution in [2.75, 3.05) is 6.61 Å². The second-order valence-electron chi connectivity index (χ2n) is 8.37. The number of thiazole rings is 1. The van der Waals surface area contributed by atoms with Crippen LogP contribution in [0.4, 0.5) is 0 Å². The van der Waals surface area contributed by atoms with Crippen LogP contribution in [-0.4, -0.2) is 16.0 Å². The van der Waals surface area contributed by atoms with Crippen LogP contribution in [0.5, 0.6) is 11.5 Å². The van der Waals surface area contributed by atoms with Crippen molar-refractivity contribution in [3.8, 4) is 11.5 Å². The zero-order valence-electron chi connectivity index (χ0n) is 19.4. The van der Waals surface area contributed by atoms with Crippen molar-refractivity contribution in [2.24, 2.45) is 0 Å². The molecule has 0 saturated carbocycles. The first-order chi connectivity index (χ1) is 17.6. The highest BCUT2D eigenvalue weighted by Gasteiger charge is 2.14. The van der Waals surface area contributed by atoms with Gasteiger partial charge in [-0.15, -0.1) is 0 Å². The van der Waals surface area contributed by atoms with E-state index in [1.54, 1.807) is 10.5 Å². The van der Waals surface area contributed by atoms with Gasteiger partial charge in [-0.05, 0) is 65.2 Å². The van der Waals surface area contributed by atoms with Crippen molar-refractivity contribution in [2.45, 2.75) is 13.5 Å². The molecular weight excluding hydrogens is 492 g/mol. The van der Waals surface area contributed by atoms with Crippen molar-refractivity contribution in [3.05, 3.63) is 110 Å². The maximum Gasteiger partial charge on any atom is 0.274 e. The van der Waals surface area contributed by atoms with Gasteiger partial charge in [0.2, 0.25) is 0 Å². The van der Waals surface area contributed by atoms with E-state index < -0.39 is 0 Å². The molecule has 0 atom stereocenters. The number of benzene rings is 4. The zero-order valence-corrected chi connectivity index (χ0v) is 21.0. The number of fused-ring (bicyclic) bond motifs is 4. The highest BCUT2D eigenvalue weighted by molar-refractivity contribution is 7.15. The van der Waals surface area contributed by atoms with Crippen molar-refractivity contribution in [1.82, 2.24) is 9.38 Å². The van der Waals surface area contributed by atoms with E-state index >= 15 is 0 Å². The van der Waals surface area contributed by atoms with E-state index in [4.69, 9.17) is 21.1 Å². The van der Waals surface area contributed by atoms with Crippen LogP contribution in [0.15, 0.2) is 83.7 Å². The zero-order chi connectivity index (χ0) is 24.6. The first-order valence-electron chi connectivity index (χ1n) is 11.6. The summed E-state index contributed by atoms with van der Waals surface area (Å²) in [4.78, 5) is 18.4. The van der Waals surface area contributed by atoms with Gasteiger partial charge in [0.05, 0.1) is 27.2 Å². The smallest absolute Gasteiger partial charge is 0.274 e. The van der Waals surface area contributed by atoms with E-state index in [1.165, 1.54) is 16.7 Å². The Morgan fingerprint density at radius 2 is 1.78 bits per heavy atom. The van der Waals surface area contributed by atoms with E-state index in [9.17, 15) is 4.79 Å². The topological polar surface area (TPSA) is 52.8 Å². The third-order valence-electron chi connectivity index (χ3n) is 5.97. The van der Waals surface area contributed by atoms with Gasteiger partial charge in [0.15, 0.2) is 16.5 Å². The molecule has 0 aliphatic carbocycles. The Labute approximate surface area is 215 Å². The lowest BCUT2D eigenvalue weighted by atomic mass is 10.1. The second-order valence-corrected chi connectivity index (χ2v) is 9.78. The Balaban J connectivity index is 1.35. The second kappa shape index (κ2) is 9.30. The summed E-state index contributed by atoms with van der Waals surface area (Å²) in [5.41, 5.74) is 3.30. The molecule has 0 aliphatic heterocycles. The first-order valence-corrected chi connectivity index (χ1v) is 12.8. The number of ether oxygens (including phenoxy) is 2. The Kier molecular flexibility index (Phi) is 5.83. The molecule has 36 heavy (non-hydrogen) atoms. The summed E-state index contributed by atoms with van der Waals surface area (Å²) >= 11 is 8.01. The molecule has 0 unspecified atom stereocenters. The average molecular weight is 513 g/mol. The minimum absolute atomic E-state index is 0.102. The normalized spacial score (nSPS) is 12.1. The molecule has 0 N–H and O–H groups in total. The van der Waals surface area contributed by atoms with Gasteiger partial charge in [0.25, 0.3) is 5.56 Å². The third kappa shape index (κ3) is 4.08. The third-order valence-corrected chi connectivity index (χ3v) is 7.22. The van der Waals surface area contributed by atoms with Crippen LogP contribution in [0.1, 0.15) is 18.1 Å². The molecule has 0 bridgehead atoms. The number of hydrogen-bond donors (Lipinski definition) is 0. The molecule has 178 valence electrons. The summed E-state index contributed by atoms with van der Waals surface area (Å²) in [7, 11) is 0. The number of para-hydroxylation sites is 2.